The molecule has 1 aromatic carbocycles. The number of aromatic nitrogens is 3. The fraction of sp³-hybridized carbons (Fsp3) is 0.375. The summed E-state index contributed by atoms with van der Waals surface area (Å²) in [4.78, 5) is 29.4. The molecular weight excluding hydrogens is 332 g/mol. The lowest BCUT2D eigenvalue weighted by molar-refractivity contribution is -0.141. The van der Waals surface area contributed by atoms with E-state index in [-0.39, 0.29) is 24.8 Å². The highest BCUT2D eigenvalue weighted by atomic mass is 35.5. The maximum atomic E-state index is 12.4. The van der Waals surface area contributed by atoms with Crippen LogP contribution in [0.2, 0.25) is 5.02 Å². The highest BCUT2D eigenvalue weighted by Gasteiger charge is 2.40. The second-order valence-corrected chi connectivity index (χ2v) is 6.25. The van der Waals surface area contributed by atoms with Crippen LogP contribution in [0.25, 0.3) is 0 Å². The number of aliphatic carboxylic acids is 1. The van der Waals surface area contributed by atoms with Gasteiger partial charge in [0.1, 0.15) is 12.7 Å². The first-order chi connectivity index (χ1) is 11.5. The average molecular weight is 349 g/mol. The van der Waals surface area contributed by atoms with Gasteiger partial charge >= 0.3 is 5.97 Å². The number of amides is 1. The fourth-order valence-corrected chi connectivity index (χ4v) is 3.15. The van der Waals surface area contributed by atoms with Crippen molar-refractivity contribution in [3.05, 3.63) is 47.5 Å². The zero-order chi connectivity index (χ0) is 17.1. The molecule has 0 aliphatic carbocycles. The van der Waals surface area contributed by atoms with Gasteiger partial charge in [0.15, 0.2) is 0 Å². The fourth-order valence-electron chi connectivity index (χ4n) is 3.02. The molecule has 0 unspecified atom stereocenters. The number of carboxylic acid groups (broad SMARTS) is 1. The van der Waals surface area contributed by atoms with Crippen molar-refractivity contribution in [2.45, 2.75) is 18.9 Å². The van der Waals surface area contributed by atoms with Gasteiger partial charge in [0, 0.05) is 30.5 Å². The van der Waals surface area contributed by atoms with Gasteiger partial charge in [-0.15, -0.1) is 0 Å². The Bertz CT molecular complexity index is 717. The molecule has 1 amide bonds. The average Bonchev–Trinajstić information content (AvgIpc) is 3.23. The molecule has 1 aromatic heterocycles. The third-order valence-electron chi connectivity index (χ3n) is 4.31. The third kappa shape index (κ3) is 3.56. The Labute approximate surface area is 143 Å². The lowest BCUT2D eigenvalue weighted by Crippen LogP contribution is -2.30. The van der Waals surface area contributed by atoms with Gasteiger partial charge in [0.2, 0.25) is 5.91 Å². The van der Waals surface area contributed by atoms with Gasteiger partial charge in [-0.1, -0.05) is 23.7 Å². The maximum absolute atomic E-state index is 12.4. The van der Waals surface area contributed by atoms with Crippen molar-refractivity contribution in [1.29, 1.82) is 0 Å². The van der Waals surface area contributed by atoms with Crippen LogP contribution in [0, 0.1) is 5.92 Å². The molecular formula is C16H17ClN4O3. The maximum Gasteiger partial charge on any atom is 0.308 e. The Kier molecular flexibility index (Phi) is 4.80. The highest BCUT2D eigenvalue weighted by Crippen LogP contribution is 2.33. The Morgan fingerprint density at radius 3 is 2.62 bits per heavy atom. The van der Waals surface area contributed by atoms with Gasteiger partial charge in [0.25, 0.3) is 0 Å². The number of carboxylic acids is 1. The predicted molar refractivity (Wildman–Crippen MR) is 86.5 cm³/mol. The van der Waals surface area contributed by atoms with Crippen LogP contribution in [0.1, 0.15) is 17.9 Å². The van der Waals surface area contributed by atoms with Crippen molar-refractivity contribution in [3.8, 4) is 0 Å². The Morgan fingerprint density at radius 1 is 1.25 bits per heavy atom. The van der Waals surface area contributed by atoms with E-state index in [0.717, 1.165) is 5.56 Å². The Morgan fingerprint density at radius 2 is 2.00 bits per heavy atom. The molecule has 7 nitrogen and oxygen atoms in total. The van der Waals surface area contributed by atoms with Gasteiger partial charge in [0.05, 0.1) is 12.5 Å². The topological polar surface area (TPSA) is 88.3 Å². The Balaban J connectivity index is 1.68. The van der Waals surface area contributed by atoms with E-state index >= 15 is 0 Å². The lowest BCUT2D eigenvalue weighted by atomic mass is 9.89. The summed E-state index contributed by atoms with van der Waals surface area (Å²) in [6, 6.07) is 7.13. The number of carbonyl (C=O) groups excluding carboxylic acids is 1. The van der Waals surface area contributed by atoms with E-state index in [1.165, 1.54) is 6.33 Å². The van der Waals surface area contributed by atoms with Crippen molar-refractivity contribution >= 4 is 23.5 Å². The predicted octanol–water partition coefficient (Wildman–Crippen LogP) is 1.65. The molecule has 0 bridgehead atoms. The molecule has 126 valence electrons. The van der Waals surface area contributed by atoms with E-state index in [0.29, 0.717) is 18.1 Å². The molecule has 3 rings (SSSR count). The summed E-state index contributed by atoms with van der Waals surface area (Å²) in [7, 11) is 0. The second-order valence-electron chi connectivity index (χ2n) is 5.81. The lowest BCUT2D eigenvalue weighted by Gasteiger charge is -2.16. The first kappa shape index (κ1) is 16.4. The summed E-state index contributed by atoms with van der Waals surface area (Å²) >= 11 is 5.89. The SMILES string of the molecule is O=C(O)[C@@H]1CN(C(=O)CCn2cncn2)C[C@H]1c1ccc(Cl)cc1. The smallest absolute Gasteiger partial charge is 0.308 e. The largest absolute Gasteiger partial charge is 0.481 e. The van der Waals surface area contributed by atoms with Gasteiger partial charge in [-0.3, -0.25) is 14.3 Å². The van der Waals surface area contributed by atoms with Gasteiger partial charge in [-0.05, 0) is 17.7 Å². The molecule has 1 saturated heterocycles. The molecule has 1 aliphatic rings. The van der Waals surface area contributed by atoms with Gasteiger partial charge < -0.3 is 10.0 Å². The van der Waals surface area contributed by atoms with E-state index in [2.05, 4.69) is 10.1 Å². The minimum Gasteiger partial charge on any atom is -0.481 e. The van der Waals surface area contributed by atoms with Crippen LogP contribution in [-0.2, 0) is 16.1 Å². The van der Waals surface area contributed by atoms with E-state index < -0.39 is 11.9 Å². The summed E-state index contributed by atoms with van der Waals surface area (Å²) in [5.74, 6) is -1.80. The summed E-state index contributed by atoms with van der Waals surface area (Å²) in [6.45, 7) is 1.05. The monoisotopic (exact) mass is 348 g/mol. The quantitative estimate of drug-likeness (QED) is 0.887. The second kappa shape index (κ2) is 7.00. The van der Waals surface area contributed by atoms with Crippen LogP contribution in [0.15, 0.2) is 36.9 Å². The van der Waals surface area contributed by atoms with E-state index in [1.54, 1.807) is 28.0 Å². The minimum absolute atomic E-state index is 0.0757. The molecule has 2 heterocycles. The normalized spacial score (nSPS) is 20.3. The van der Waals surface area contributed by atoms with Crippen molar-refractivity contribution in [2.75, 3.05) is 13.1 Å². The molecule has 1 aliphatic heterocycles. The van der Waals surface area contributed by atoms with Gasteiger partial charge in [-0.2, -0.15) is 5.10 Å². The number of likely N-dealkylation sites (tertiary alicyclic amines) is 1. The number of benzene rings is 1. The molecule has 0 radical (unpaired) electrons. The van der Waals surface area contributed by atoms with E-state index in [9.17, 15) is 14.7 Å². The number of carbonyl (C=O) groups is 2. The van der Waals surface area contributed by atoms with Crippen molar-refractivity contribution < 1.29 is 14.7 Å². The summed E-state index contributed by atoms with van der Waals surface area (Å²) < 4.78 is 1.58. The van der Waals surface area contributed by atoms with Crippen LogP contribution in [-0.4, -0.2) is 49.7 Å². The van der Waals surface area contributed by atoms with Crippen molar-refractivity contribution in [3.63, 3.8) is 0 Å². The summed E-state index contributed by atoms with van der Waals surface area (Å²) in [5.41, 5.74) is 0.887. The molecule has 0 saturated carbocycles. The molecule has 8 heteroatoms. The summed E-state index contributed by atoms with van der Waals surface area (Å²) in [5, 5.41) is 14.1. The number of hydrogen-bond acceptors (Lipinski definition) is 4. The standard InChI is InChI=1S/C16H17ClN4O3/c17-12-3-1-11(2-4-12)13-7-20(8-14(13)16(23)24)15(22)5-6-21-10-18-9-19-21/h1-4,9-10,13-14H,5-8H2,(H,23,24)/t13-,14+/m0/s1. The molecule has 2 aromatic rings. The Hall–Kier alpha value is -2.41. The first-order valence-electron chi connectivity index (χ1n) is 7.63. The number of rotatable bonds is 5. The van der Waals surface area contributed by atoms with E-state index in [1.807, 2.05) is 12.1 Å². The minimum atomic E-state index is -0.887. The molecule has 1 N–H and O–H groups in total. The van der Waals surface area contributed by atoms with E-state index in [4.69, 9.17) is 11.6 Å². The number of nitrogens with zero attached hydrogens (tertiary/aromatic N) is 4. The zero-order valence-electron chi connectivity index (χ0n) is 12.9. The first-order valence-corrected chi connectivity index (χ1v) is 8.01. The van der Waals surface area contributed by atoms with Crippen LogP contribution >= 0.6 is 11.6 Å². The number of halogens is 1. The van der Waals surface area contributed by atoms with Crippen LogP contribution in [0.4, 0.5) is 0 Å². The highest BCUT2D eigenvalue weighted by molar-refractivity contribution is 6.30. The third-order valence-corrected chi connectivity index (χ3v) is 4.56. The van der Waals surface area contributed by atoms with Crippen LogP contribution in [0.3, 0.4) is 0 Å². The zero-order valence-corrected chi connectivity index (χ0v) is 13.6. The number of hydrogen-bond donors (Lipinski definition) is 1. The van der Waals surface area contributed by atoms with Crippen molar-refractivity contribution in [2.24, 2.45) is 5.92 Å². The van der Waals surface area contributed by atoms with Crippen molar-refractivity contribution in [1.82, 2.24) is 19.7 Å². The summed E-state index contributed by atoms with van der Waals surface area (Å²) in [6.07, 6.45) is 3.23. The molecule has 2 atom stereocenters. The molecule has 0 spiro atoms. The van der Waals surface area contributed by atoms with Crippen LogP contribution < -0.4 is 0 Å². The molecule has 1 fully saturated rings. The van der Waals surface area contributed by atoms with Crippen LogP contribution in [0.5, 0.6) is 0 Å². The number of aryl methyl sites for hydroxylation is 1. The molecule has 24 heavy (non-hydrogen) atoms. The van der Waals surface area contributed by atoms with Gasteiger partial charge in [-0.25, -0.2) is 4.98 Å².